The van der Waals surface area contributed by atoms with E-state index in [-0.39, 0.29) is 0 Å². The number of aromatic amines is 1. The highest BCUT2D eigenvalue weighted by Crippen LogP contribution is 2.28. The van der Waals surface area contributed by atoms with Crippen LogP contribution in [0.2, 0.25) is 5.02 Å². The van der Waals surface area contributed by atoms with Gasteiger partial charge in [-0.05, 0) is 17.7 Å². The second-order valence-corrected chi connectivity index (χ2v) is 5.65. The minimum absolute atomic E-state index is 0.448. The van der Waals surface area contributed by atoms with E-state index in [1.807, 2.05) is 18.2 Å². The zero-order valence-corrected chi connectivity index (χ0v) is 11.8. The standard InChI is InChI=1S/C12H15ClN4S/c1-8(2)14-6-9-3-4-10(5-11(9)13)18-12-15-7-16-17-12/h3-5,7-8,14H,6H2,1-2H3,(H,15,16,17). The Morgan fingerprint density at radius 3 is 2.89 bits per heavy atom. The molecule has 0 radical (unpaired) electrons. The molecule has 1 aromatic carbocycles. The molecule has 0 aliphatic carbocycles. The molecule has 0 fully saturated rings. The van der Waals surface area contributed by atoms with Crippen molar-refractivity contribution in [2.24, 2.45) is 0 Å². The molecule has 0 spiro atoms. The van der Waals surface area contributed by atoms with Gasteiger partial charge in [0.25, 0.3) is 0 Å². The van der Waals surface area contributed by atoms with E-state index in [4.69, 9.17) is 11.6 Å². The van der Waals surface area contributed by atoms with Crippen molar-refractivity contribution in [3.8, 4) is 0 Å². The predicted molar refractivity (Wildman–Crippen MR) is 73.9 cm³/mol. The lowest BCUT2D eigenvalue weighted by atomic mass is 10.2. The second kappa shape index (κ2) is 6.22. The molecule has 0 saturated heterocycles. The maximum absolute atomic E-state index is 6.25. The highest BCUT2D eigenvalue weighted by Gasteiger charge is 2.05. The average molecular weight is 283 g/mol. The summed E-state index contributed by atoms with van der Waals surface area (Å²) in [5.74, 6) is 0. The van der Waals surface area contributed by atoms with Crippen molar-refractivity contribution in [3.05, 3.63) is 35.1 Å². The van der Waals surface area contributed by atoms with Crippen LogP contribution in [-0.2, 0) is 6.54 Å². The van der Waals surface area contributed by atoms with Gasteiger partial charge in [-0.2, -0.15) is 5.10 Å². The van der Waals surface area contributed by atoms with Crippen LogP contribution in [0.1, 0.15) is 19.4 Å². The van der Waals surface area contributed by atoms with E-state index < -0.39 is 0 Å². The first-order chi connectivity index (χ1) is 8.65. The van der Waals surface area contributed by atoms with Gasteiger partial charge >= 0.3 is 0 Å². The normalized spacial score (nSPS) is 11.1. The minimum atomic E-state index is 0.448. The molecule has 2 rings (SSSR count). The van der Waals surface area contributed by atoms with Gasteiger partial charge < -0.3 is 5.32 Å². The largest absolute Gasteiger partial charge is 0.310 e. The fourth-order valence-electron chi connectivity index (χ4n) is 1.40. The van der Waals surface area contributed by atoms with Crippen molar-refractivity contribution in [1.29, 1.82) is 0 Å². The molecule has 2 N–H and O–H groups in total. The first kappa shape index (κ1) is 13.4. The van der Waals surface area contributed by atoms with Crippen LogP contribution in [0.4, 0.5) is 0 Å². The van der Waals surface area contributed by atoms with Crippen LogP contribution in [0, 0.1) is 0 Å². The lowest BCUT2D eigenvalue weighted by molar-refractivity contribution is 0.589. The first-order valence-electron chi connectivity index (χ1n) is 5.70. The molecule has 1 heterocycles. The molecule has 4 nitrogen and oxygen atoms in total. The number of nitrogens with one attached hydrogen (secondary N) is 2. The van der Waals surface area contributed by atoms with Gasteiger partial charge in [-0.25, -0.2) is 4.98 Å². The third kappa shape index (κ3) is 3.73. The molecule has 0 bridgehead atoms. The van der Waals surface area contributed by atoms with Crippen molar-refractivity contribution in [3.63, 3.8) is 0 Å². The van der Waals surface area contributed by atoms with Gasteiger partial charge in [0.1, 0.15) is 6.33 Å². The summed E-state index contributed by atoms with van der Waals surface area (Å²) in [4.78, 5) is 5.11. The number of rotatable bonds is 5. The number of halogens is 1. The Morgan fingerprint density at radius 1 is 1.44 bits per heavy atom. The van der Waals surface area contributed by atoms with Gasteiger partial charge in [0.15, 0.2) is 5.16 Å². The minimum Gasteiger partial charge on any atom is -0.310 e. The molecule has 0 aliphatic heterocycles. The van der Waals surface area contributed by atoms with Crippen molar-refractivity contribution in [2.75, 3.05) is 0 Å². The van der Waals surface area contributed by atoms with Gasteiger partial charge in [0.05, 0.1) is 0 Å². The Balaban J connectivity index is 2.05. The summed E-state index contributed by atoms with van der Waals surface area (Å²) in [5.41, 5.74) is 1.10. The molecule has 0 saturated carbocycles. The zero-order valence-electron chi connectivity index (χ0n) is 10.3. The van der Waals surface area contributed by atoms with E-state index >= 15 is 0 Å². The van der Waals surface area contributed by atoms with E-state index in [1.54, 1.807) is 0 Å². The topological polar surface area (TPSA) is 53.6 Å². The van der Waals surface area contributed by atoms with Gasteiger partial charge in [-0.1, -0.05) is 43.3 Å². The zero-order chi connectivity index (χ0) is 13.0. The summed E-state index contributed by atoms with van der Waals surface area (Å²) in [6.45, 7) is 5.01. The fraction of sp³-hybridized carbons (Fsp3) is 0.333. The Kier molecular flexibility index (Phi) is 4.63. The van der Waals surface area contributed by atoms with Crippen LogP contribution in [0.5, 0.6) is 0 Å². The van der Waals surface area contributed by atoms with Crippen molar-refractivity contribution < 1.29 is 0 Å². The van der Waals surface area contributed by atoms with Gasteiger partial charge in [-0.3, -0.25) is 5.10 Å². The molecule has 6 heteroatoms. The number of nitrogens with zero attached hydrogens (tertiary/aromatic N) is 2. The number of H-pyrrole nitrogens is 1. The SMILES string of the molecule is CC(C)NCc1ccc(Sc2ncn[nH]2)cc1Cl. The van der Waals surface area contributed by atoms with E-state index in [0.717, 1.165) is 27.2 Å². The maximum atomic E-state index is 6.25. The van der Waals surface area contributed by atoms with Gasteiger partial charge in [0, 0.05) is 22.5 Å². The average Bonchev–Trinajstić information content (AvgIpc) is 2.80. The molecule has 2 aromatic rings. The lowest BCUT2D eigenvalue weighted by Gasteiger charge is -2.10. The number of hydrogen-bond donors (Lipinski definition) is 2. The quantitative estimate of drug-likeness (QED) is 0.885. The van der Waals surface area contributed by atoms with Crippen molar-refractivity contribution in [1.82, 2.24) is 20.5 Å². The molecule has 1 aromatic heterocycles. The molecule has 96 valence electrons. The van der Waals surface area contributed by atoms with E-state index in [1.165, 1.54) is 18.1 Å². The van der Waals surface area contributed by atoms with Crippen molar-refractivity contribution >= 4 is 23.4 Å². The molecule has 0 aliphatic rings. The highest BCUT2D eigenvalue weighted by atomic mass is 35.5. The molecule has 0 atom stereocenters. The van der Waals surface area contributed by atoms with Crippen LogP contribution in [0.25, 0.3) is 0 Å². The molecular weight excluding hydrogens is 268 g/mol. The van der Waals surface area contributed by atoms with Gasteiger partial charge in [0.2, 0.25) is 0 Å². The fourth-order valence-corrected chi connectivity index (χ4v) is 2.45. The maximum Gasteiger partial charge on any atom is 0.188 e. The summed E-state index contributed by atoms with van der Waals surface area (Å²) in [7, 11) is 0. The van der Waals surface area contributed by atoms with E-state index in [2.05, 4.69) is 34.3 Å². The third-order valence-electron chi connectivity index (χ3n) is 2.33. The third-order valence-corrected chi connectivity index (χ3v) is 3.56. The molecule has 0 unspecified atom stereocenters. The summed E-state index contributed by atoms with van der Waals surface area (Å²) >= 11 is 7.76. The first-order valence-corrected chi connectivity index (χ1v) is 6.89. The lowest BCUT2D eigenvalue weighted by Crippen LogP contribution is -2.21. The van der Waals surface area contributed by atoms with Crippen LogP contribution < -0.4 is 5.32 Å². The number of hydrogen-bond acceptors (Lipinski definition) is 4. The van der Waals surface area contributed by atoms with Crippen LogP contribution in [0.15, 0.2) is 34.6 Å². The molecule has 18 heavy (non-hydrogen) atoms. The smallest absolute Gasteiger partial charge is 0.188 e. The Morgan fingerprint density at radius 2 is 2.28 bits per heavy atom. The Hall–Kier alpha value is -1.04. The molecular formula is C12H15ClN4S. The van der Waals surface area contributed by atoms with Crippen LogP contribution >= 0.6 is 23.4 Å². The van der Waals surface area contributed by atoms with Crippen LogP contribution in [0.3, 0.4) is 0 Å². The summed E-state index contributed by atoms with van der Waals surface area (Å²) in [6, 6.07) is 6.48. The molecule has 0 amide bonds. The van der Waals surface area contributed by atoms with Gasteiger partial charge in [-0.15, -0.1) is 0 Å². The Bertz CT molecular complexity index is 499. The number of aromatic nitrogens is 3. The summed E-state index contributed by atoms with van der Waals surface area (Å²) in [5, 5.41) is 11.5. The van der Waals surface area contributed by atoms with E-state index in [9.17, 15) is 0 Å². The van der Waals surface area contributed by atoms with Crippen LogP contribution in [-0.4, -0.2) is 21.2 Å². The summed E-state index contributed by atoms with van der Waals surface area (Å²) in [6.07, 6.45) is 1.49. The Labute approximate surface area is 116 Å². The monoisotopic (exact) mass is 282 g/mol. The predicted octanol–water partition coefficient (Wildman–Crippen LogP) is 3.11. The van der Waals surface area contributed by atoms with Crippen molar-refractivity contribution in [2.45, 2.75) is 36.5 Å². The summed E-state index contributed by atoms with van der Waals surface area (Å²) < 4.78 is 0. The highest BCUT2D eigenvalue weighted by molar-refractivity contribution is 7.99. The second-order valence-electron chi connectivity index (χ2n) is 4.18. The number of benzene rings is 1. The van der Waals surface area contributed by atoms with E-state index in [0.29, 0.717) is 6.04 Å².